The third-order valence-corrected chi connectivity index (χ3v) is 2.38. The second-order valence-electron chi connectivity index (χ2n) is 4.15. The Hall–Kier alpha value is -1.35. The van der Waals surface area contributed by atoms with Gasteiger partial charge in [-0.2, -0.15) is 0 Å². The molecule has 0 heterocycles. The van der Waals surface area contributed by atoms with Gasteiger partial charge in [-0.1, -0.05) is 12.1 Å². The number of benzene rings is 1. The molecule has 1 aromatic carbocycles. The Balaban J connectivity index is 2.29. The third-order valence-electron chi connectivity index (χ3n) is 2.38. The normalized spacial score (nSPS) is 10.4. The van der Waals surface area contributed by atoms with Crippen LogP contribution in [0.25, 0.3) is 0 Å². The molecule has 0 unspecified atom stereocenters. The summed E-state index contributed by atoms with van der Waals surface area (Å²) in [5, 5.41) is 3.35. The number of aldehydes is 1. The topological polar surface area (TPSA) is 32.3 Å². The molecule has 0 saturated heterocycles. The zero-order valence-electron chi connectivity index (χ0n) is 10.1. The van der Waals surface area contributed by atoms with Crippen LogP contribution in [0.5, 0.6) is 0 Å². The van der Waals surface area contributed by atoms with E-state index in [1.54, 1.807) is 0 Å². The van der Waals surface area contributed by atoms with Crippen molar-refractivity contribution in [3.63, 3.8) is 0 Å². The molecule has 3 heteroatoms. The van der Waals surface area contributed by atoms with Gasteiger partial charge in [0.25, 0.3) is 0 Å². The van der Waals surface area contributed by atoms with Gasteiger partial charge in [0.2, 0.25) is 0 Å². The number of hydrogen-bond acceptors (Lipinski definition) is 3. The van der Waals surface area contributed by atoms with Gasteiger partial charge in [0.05, 0.1) is 0 Å². The van der Waals surface area contributed by atoms with Crippen molar-refractivity contribution in [1.29, 1.82) is 0 Å². The molecule has 0 fully saturated rings. The highest BCUT2D eigenvalue weighted by Crippen LogP contribution is 2.09. The molecule has 1 N–H and O–H groups in total. The summed E-state index contributed by atoms with van der Waals surface area (Å²) < 4.78 is 0. The maximum Gasteiger partial charge on any atom is 0.124 e. The summed E-state index contributed by atoms with van der Waals surface area (Å²) in [6.07, 6.45) is 2.56. The first-order valence-corrected chi connectivity index (χ1v) is 5.63. The molecule has 0 bridgehead atoms. The van der Waals surface area contributed by atoms with E-state index in [1.165, 1.54) is 0 Å². The molecule has 0 atom stereocenters. The molecule has 1 rings (SSSR count). The SMILES string of the molecule is CN(C)CCCNc1ccc(CC=O)cc1. The Morgan fingerprint density at radius 1 is 1.25 bits per heavy atom. The minimum absolute atomic E-state index is 0.501. The van der Waals surface area contributed by atoms with Crippen molar-refractivity contribution < 1.29 is 4.79 Å². The number of carbonyl (C=O) groups is 1. The standard InChI is InChI=1S/C13H20N2O/c1-15(2)10-3-9-14-13-6-4-12(5-7-13)8-11-16/h4-7,11,14H,3,8-10H2,1-2H3. The van der Waals surface area contributed by atoms with E-state index < -0.39 is 0 Å². The monoisotopic (exact) mass is 220 g/mol. The van der Waals surface area contributed by atoms with Crippen LogP contribution in [0.3, 0.4) is 0 Å². The lowest BCUT2D eigenvalue weighted by Crippen LogP contribution is -2.16. The average molecular weight is 220 g/mol. The van der Waals surface area contributed by atoms with Crippen molar-refractivity contribution >= 4 is 12.0 Å². The molecule has 16 heavy (non-hydrogen) atoms. The fourth-order valence-corrected chi connectivity index (χ4v) is 1.48. The van der Waals surface area contributed by atoms with E-state index in [1.807, 2.05) is 24.3 Å². The summed E-state index contributed by atoms with van der Waals surface area (Å²) >= 11 is 0. The van der Waals surface area contributed by atoms with Gasteiger partial charge in [0.15, 0.2) is 0 Å². The fourth-order valence-electron chi connectivity index (χ4n) is 1.48. The fraction of sp³-hybridized carbons (Fsp3) is 0.462. The highest BCUT2D eigenvalue weighted by atomic mass is 16.1. The van der Waals surface area contributed by atoms with Crippen LogP contribution in [-0.4, -0.2) is 38.4 Å². The predicted octanol–water partition coefficient (Wildman–Crippen LogP) is 1.79. The smallest absolute Gasteiger partial charge is 0.124 e. The minimum atomic E-state index is 0.501. The maximum absolute atomic E-state index is 10.3. The van der Waals surface area contributed by atoms with Crippen molar-refractivity contribution in [3.05, 3.63) is 29.8 Å². The zero-order valence-corrected chi connectivity index (χ0v) is 10.1. The Bertz CT molecular complexity index is 306. The van der Waals surface area contributed by atoms with E-state index in [2.05, 4.69) is 24.3 Å². The number of rotatable bonds is 7. The van der Waals surface area contributed by atoms with Crippen LogP contribution in [0.4, 0.5) is 5.69 Å². The van der Waals surface area contributed by atoms with Gasteiger partial charge in [0, 0.05) is 18.7 Å². The van der Waals surface area contributed by atoms with Crippen molar-refractivity contribution in [3.8, 4) is 0 Å². The van der Waals surface area contributed by atoms with E-state index in [4.69, 9.17) is 0 Å². The Morgan fingerprint density at radius 2 is 1.94 bits per heavy atom. The highest BCUT2D eigenvalue weighted by Gasteiger charge is 1.94. The molecule has 0 spiro atoms. The molecule has 0 aromatic heterocycles. The number of nitrogens with zero attached hydrogens (tertiary/aromatic N) is 1. The highest BCUT2D eigenvalue weighted by molar-refractivity contribution is 5.56. The van der Waals surface area contributed by atoms with Crippen molar-refractivity contribution in [2.45, 2.75) is 12.8 Å². The lowest BCUT2D eigenvalue weighted by molar-refractivity contribution is -0.107. The van der Waals surface area contributed by atoms with E-state index in [0.717, 1.165) is 37.0 Å². The molecule has 0 saturated carbocycles. The lowest BCUT2D eigenvalue weighted by Gasteiger charge is -2.10. The van der Waals surface area contributed by atoms with Gasteiger partial charge in [-0.25, -0.2) is 0 Å². The zero-order chi connectivity index (χ0) is 11.8. The number of carbonyl (C=O) groups excluding carboxylic acids is 1. The van der Waals surface area contributed by atoms with Gasteiger partial charge in [-0.3, -0.25) is 0 Å². The minimum Gasteiger partial charge on any atom is -0.385 e. The van der Waals surface area contributed by atoms with Gasteiger partial charge >= 0.3 is 0 Å². The van der Waals surface area contributed by atoms with Gasteiger partial charge in [-0.15, -0.1) is 0 Å². The predicted molar refractivity (Wildman–Crippen MR) is 67.9 cm³/mol. The summed E-state index contributed by atoms with van der Waals surface area (Å²) in [5.74, 6) is 0. The van der Waals surface area contributed by atoms with Crippen LogP contribution in [0, 0.1) is 0 Å². The second-order valence-corrected chi connectivity index (χ2v) is 4.15. The first-order chi connectivity index (χ1) is 7.72. The average Bonchev–Trinajstić information content (AvgIpc) is 2.27. The molecular weight excluding hydrogens is 200 g/mol. The van der Waals surface area contributed by atoms with E-state index in [9.17, 15) is 4.79 Å². The van der Waals surface area contributed by atoms with Crippen molar-refractivity contribution in [2.24, 2.45) is 0 Å². The van der Waals surface area contributed by atoms with Gasteiger partial charge < -0.3 is 15.0 Å². The summed E-state index contributed by atoms with van der Waals surface area (Å²) in [6.45, 7) is 2.07. The van der Waals surface area contributed by atoms with Crippen molar-refractivity contribution in [2.75, 3.05) is 32.5 Å². The quantitative estimate of drug-likeness (QED) is 0.561. The van der Waals surface area contributed by atoms with E-state index >= 15 is 0 Å². The Kier molecular flexibility index (Phi) is 5.57. The first kappa shape index (κ1) is 12.7. The maximum atomic E-state index is 10.3. The molecule has 88 valence electrons. The van der Waals surface area contributed by atoms with Crippen LogP contribution in [-0.2, 0) is 11.2 Å². The first-order valence-electron chi connectivity index (χ1n) is 5.63. The lowest BCUT2D eigenvalue weighted by atomic mass is 10.1. The van der Waals surface area contributed by atoms with Crippen LogP contribution in [0.2, 0.25) is 0 Å². The summed E-state index contributed by atoms with van der Waals surface area (Å²) in [4.78, 5) is 12.5. The molecule has 1 aromatic rings. The second kappa shape index (κ2) is 7.01. The number of nitrogens with one attached hydrogen (secondary N) is 1. The molecule has 3 nitrogen and oxygen atoms in total. The molecule has 0 amide bonds. The van der Waals surface area contributed by atoms with Crippen LogP contribution in [0.15, 0.2) is 24.3 Å². The summed E-state index contributed by atoms with van der Waals surface area (Å²) in [5.41, 5.74) is 2.18. The Labute approximate surface area is 97.5 Å². The molecule has 0 aliphatic heterocycles. The molecule has 0 radical (unpaired) electrons. The molecule has 0 aliphatic carbocycles. The summed E-state index contributed by atoms with van der Waals surface area (Å²) in [7, 11) is 4.16. The Morgan fingerprint density at radius 3 is 2.50 bits per heavy atom. The van der Waals surface area contributed by atoms with Crippen LogP contribution >= 0.6 is 0 Å². The number of anilines is 1. The van der Waals surface area contributed by atoms with Crippen LogP contribution < -0.4 is 5.32 Å². The largest absolute Gasteiger partial charge is 0.385 e. The van der Waals surface area contributed by atoms with Gasteiger partial charge in [0.1, 0.15) is 6.29 Å². The van der Waals surface area contributed by atoms with E-state index in [-0.39, 0.29) is 0 Å². The van der Waals surface area contributed by atoms with E-state index in [0.29, 0.717) is 6.42 Å². The molecule has 0 aliphatic rings. The molecular formula is C13H20N2O. The number of hydrogen-bond donors (Lipinski definition) is 1. The van der Waals surface area contributed by atoms with Crippen molar-refractivity contribution in [1.82, 2.24) is 4.90 Å². The van der Waals surface area contributed by atoms with Crippen LogP contribution in [0.1, 0.15) is 12.0 Å². The van der Waals surface area contributed by atoms with Gasteiger partial charge in [-0.05, 0) is 44.8 Å². The third kappa shape index (κ3) is 4.94. The summed E-state index contributed by atoms with van der Waals surface area (Å²) in [6, 6.07) is 8.02.